The molecule has 0 bridgehead atoms. The summed E-state index contributed by atoms with van der Waals surface area (Å²) in [5.74, 6) is 0.0377. The van der Waals surface area contributed by atoms with Gasteiger partial charge in [0.1, 0.15) is 4.83 Å². The minimum atomic E-state index is 0.0377. The molecule has 2 aromatic rings. The Kier molecular flexibility index (Phi) is 4.14. The van der Waals surface area contributed by atoms with Gasteiger partial charge in [-0.05, 0) is 32.4 Å². The Balaban J connectivity index is 1.71. The summed E-state index contributed by atoms with van der Waals surface area (Å²) in [6.45, 7) is 3.13. The van der Waals surface area contributed by atoms with Crippen LogP contribution in [0.4, 0.5) is 5.13 Å². The van der Waals surface area contributed by atoms with Crippen molar-refractivity contribution in [3.63, 3.8) is 0 Å². The van der Waals surface area contributed by atoms with Gasteiger partial charge in [-0.3, -0.25) is 4.79 Å². The van der Waals surface area contributed by atoms with Crippen molar-refractivity contribution in [2.75, 3.05) is 25.5 Å². The summed E-state index contributed by atoms with van der Waals surface area (Å²) < 4.78 is 1.09. The summed E-state index contributed by atoms with van der Waals surface area (Å²) in [6, 6.07) is 2.71. The van der Waals surface area contributed by atoms with E-state index in [2.05, 4.69) is 22.5 Å². The summed E-state index contributed by atoms with van der Waals surface area (Å²) in [4.78, 5) is 20.6. The number of thiophene rings is 1. The first-order valence-corrected chi connectivity index (χ1v) is 8.78. The van der Waals surface area contributed by atoms with Gasteiger partial charge in [-0.15, -0.1) is 11.3 Å². The van der Waals surface area contributed by atoms with Gasteiger partial charge in [-0.1, -0.05) is 11.3 Å². The Morgan fingerprint density at radius 2 is 2.29 bits per heavy atom. The van der Waals surface area contributed by atoms with Crippen LogP contribution in [-0.2, 0) is 0 Å². The highest BCUT2D eigenvalue weighted by atomic mass is 32.1. The predicted molar refractivity (Wildman–Crippen MR) is 89.8 cm³/mol. The number of hydrogen-bond acceptors (Lipinski definition) is 6. The molecular weight excluding hydrogens is 304 g/mol. The first-order valence-electron chi connectivity index (χ1n) is 7.15. The molecule has 7 heteroatoms. The van der Waals surface area contributed by atoms with E-state index >= 15 is 0 Å². The molecule has 114 valence electrons. The lowest BCUT2D eigenvalue weighted by Gasteiger charge is -2.28. The number of hydrogen-bond donors (Lipinski definition) is 2. The van der Waals surface area contributed by atoms with Crippen LogP contribution in [0.2, 0.25) is 0 Å². The average Bonchev–Trinajstić information content (AvgIpc) is 2.96. The molecule has 5 nitrogen and oxygen atoms in total. The van der Waals surface area contributed by atoms with Crippen LogP contribution >= 0.6 is 22.7 Å². The van der Waals surface area contributed by atoms with Crippen molar-refractivity contribution >= 4 is 43.2 Å². The Morgan fingerprint density at radius 1 is 1.48 bits per heavy atom. The smallest absolute Gasteiger partial charge is 0.261 e. The van der Waals surface area contributed by atoms with Gasteiger partial charge in [0.15, 0.2) is 5.13 Å². The number of rotatable bonds is 3. The van der Waals surface area contributed by atoms with Crippen molar-refractivity contribution in [1.82, 2.24) is 15.6 Å². The molecule has 1 saturated heterocycles. The van der Waals surface area contributed by atoms with Gasteiger partial charge in [-0.2, -0.15) is 0 Å². The highest BCUT2D eigenvalue weighted by Crippen LogP contribution is 2.33. The third-order valence-corrected chi connectivity index (χ3v) is 5.97. The number of nitrogens with one attached hydrogen (secondary N) is 2. The normalized spacial score (nSPS) is 22.4. The largest absolute Gasteiger partial charge is 0.354 e. The van der Waals surface area contributed by atoms with E-state index in [9.17, 15) is 4.79 Å². The third kappa shape index (κ3) is 3.20. The fourth-order valence-corrected chi connectivity index (χ4v) is 4.58. The highest BCUT2D eigenvalue weighted by Gasteiger charge is 2.22. The van der Waals surface area contributed by atoms with Crippen molar-refractivity contribution < 1.29 is 4.79 Å². The molecule has 1 aliphatic rings. The van der Waals surface area contributed by atoms with Crippen molar-refractivity contribution in [2.24, 2.45) is 0 Å². The van der Waals surface area contributed by atoms with Crippen molar-refractivity contribution in [1.29, 1.82) is 0 Å². The van der Waals surface area contributed by atoms with Gasteiger partial charge in [0.05, 0.1) is 9.58 Å². The van der Waals surface area contributed by atoms with Crippen molar-refractivity contribution in [3.05, 3.63) is 10.9 Å². The first-order chi connectivity index (χ1) is 10.0. The molecule has 1 amide bonds. The minimum Gasteiger partial charge on any atom is -0.354 e. The number of carbonyl (C=O) groups excluding carboxylic acids is 1. The Hall–Kier alpha value is -1.18. The van der Waals surface area contributed by atoms with Crippen molar-refractivity contribution in [2.45, 2.75) is 31.8 Å². The van der Waals surface area contributed by atoms with E-state index in [0.717, 1.165) is 38.9 Å². The van der Waals surface area contributed by atoms with Gasteiger partial charge in [0.2, 0.25) is 0 Å². The van der Waals surface area contributed by atoms with Gasteiger partial charge < -0.3 is 15.5 Å². The minimum absolute atomic E-state index is 0.0377. The lowest BCUT2D eigenvalue weighted by molar-refractivity contribution is 0.0930. The molecule has 3 rings (SSSR count). The number of aromatic nitrogens is 1. The molecule has 1 aliphatic heterocycles. The van der Waals surface area contributed by atoms with Gasteiger partial charge >= 0.3 is 0 Å². The second-order valence-corrected chi connectivity index (χ2v) is 7.76. The summed E-state index contributed by atoms with van der Waals surface area (Å²) in [5.41, 5.74) is 0. The van der Waals surface area contributed by atoms with Crippen LogP contribution in [0.5, 0.6) is 0 Å². The Bertz CT molecular complexity index is 617. The zero-order valence-electron chi connectivity index (χ0n) is 12.5. The molecule has 1 fully saturated rings. The zero-order chi connectivity index (χ0) is 15.0. The number of amides is 1. The standard InChI is InChI=1S/C14H20N4OS2/c1-8-6-9(4-5-15-8)16-12(19)10-7-11-13(20-10)17-14(21-11)18(2)3/h7-9,15H,4-6H2,1-3H3,(H,16,19). The van der Waals surface area contributed by atoms with Crippen molar-refractivity contribution in [3.8, 4) is 0 Å². The van der Waals surface area contributed by atoms with E-state index in [1.807, 2.05) is 25.1 Å². The van der Waals surface area contributed by atoms with E-state index in [1.165, 1.54) is 11.3 Å². The van der Waals surface area contributed by atoms with E-state index < -0.39 is 0 Å². The fourth-order valence-electron chi connectivity index (χ4n) is 2.55. The first kappa shape index (κ1) is 14.7. The van der Waals surface area contributed by atoms with Gasteiger partial charge in [0, 0.05) is 26.2 Å². The molecular formula is C14H20N4OS2. The number of piperidine rings is 1. The van der Waals surface area contributed by atoms with Crippen LogP contribution in [-0.4, -0.2) is 43.6 Å². The van der Waals surface area contributed by atoms with Crippen LogP contribution in [0, 0.1) is 0 Å². The molecule has 0 aromatic carbocycles. The van der Waals surface area contributed by atoms with Crippen LogP contribution < -0.4 is 15.5 Å². The van der Waals surface area contributed by atoms with Gasteiger partial charge in [0.25, 0.3) is 5.91 Å². The third-order valence-electron chi connectivity index (χ3n) is 3.64. The summed E-state index contributed by atoms with van der Waals surface area (Å²) in [6.07, 6.45) is 1.99. The van der Waals surface area contributed by atoms with Crippen LogP contribution in [0.15, 0.2) is 6.07 Å². The Labute approximate surface area is 132 Å². The maximum absolute atomic E-state index is 12.4. The zero-order valence-corrected chi connectivity index (χ0v) is 14.1. The van der Waals surface area contributed by atoms with E-state index in [1.54, 1.807) is 11.3 Å². The molecule has 0 radical (unpaired) electrons. The van der Waals surface area contributed by atoms with Crippen LogP contribution in [0.25, 0.3) is 9.53 Å². The van der Waals surface area contributed by atoms with E-state index in [4.69, 9.17) is 0 Å². The van der Waals surface area contributed by atoms with E-state index in [-0.39, 0.29) is 11.9 Å². The highest BCUT2D eigenvalue weighted by molar-refractivity contribution is 7.29. The topological polar surface area (TPSA) is 57.3 Å². The average molecular weight is 324 g/mol. The maximum Gasteiger partial charge on any atom is 0.261 e. The molecule has 0 saturated carbocycles. The Morgan fingerprint density at radius 3 is 2.95 bits per heavy atom. The maximum atomic E-state index is 12.4. The molecule has 2 N–H and O–H groups in total. The second-order valence-electron chi connectivity index (χ2n) is 5.72. The van der Waals surface area contributed by atoms with Crippen LogP contribution in [0.3, 0.4) is 0 Å². The predicted octanol–water partition coefficient (Wildman–Crippen LogP) is 2.29. The number of carbonyl (C=O) groups is 1. The molecule has 0 aliphatic carbocycles. The molecule has 2 atom stereocenters. The lowest BCUT2D eigenvalue weighted by Crippen LogP contribution is -2.46. The number of fused-ring (bicyclic) bond motifs is 1. The summed E-state index contributed by atoms with van der Waals surface area (Å²) in [7, 11) is 3.96. The number of nitrogens with zero attached hydrogens (tertiary/aromatic N) is 2. The van der Waals surface area contributed by atoms with E-state index in [0.29, 0.717) is 6.04 Å². The fraction of sp³-hybridized carbons (Fsp3) is 0.571. The quantitative estimate of drug-likeness (QED) is 0.909. The molecule has 3 heterocycles. The molecule has 0 spiro atoms. The lowest BCUT2D eigenvalue weighted by atomic mass is 10.0. The molecule has 2 aromatic heterocycles. The van der Waals surface area contributed by atoms with Gasteiger partial charge in [-0.25, -0.2) is 4.98 Å². The van der Waals surface area contributed by atoms with Crippen LogP contribution in [0.1, 0.15) is 29.4 Å². The molecule has 21 heavy (non-hydrogen) atoms. The number of thiazole rings is 1. The second kappa shape index (κ2) is 5.90. The number of anilines is 1. The monoisotopic (exact) mass is 324 g/mol. The SMILES string of the molecule is CC1CC(NC(=O)c2cc3sc(N(C)C)nc3s2)CCN1. The summed E-state index contributed by atoms with van der Waals surface area (Å²) >= 11 is 3.10. The summed E-state index contributed by atoms with van der Waals surface area (Å²) in [5, 5.41) is 7.53. The molecule has 2 unspecified atom stereocenters.